The fourth-order valence-corrected chi connectivity index (χ4v) is 4.64. The summed E-state index contributed by atoms with van der Waals surface area (Å²) in [5, 5.41) is 13.1. The van der Waals surface area contributed by atoms with Crippen LogP contribution in [-0.4, -0.2) is 47.1 Å². The highest BCUT2D eigenvalue weighted by molar-refractivity contribution is 6.00. The fraction of sp³-hybridized carbons (Fsp3) is 0.375. The zero-order valence-electron chi connectivity index (χ0n) is 23.6. The van der Waals surface area contributed by atoms with Crippen molar-refractivity contribution < 1.29 is 23.5 Å². The Labute approximate surface area is 235 Å². The van der Waals surface area contributed by atoms with E-state index in [4.69, 9.17) is 5.73 Å². The predicted molar refractivity (Wildman–Crippen MR) is 153 cm³/mol. The summed E-state index contributed by atoms with van der Waals surface area (Å²) in [6.45, 7) is 8.87. The number of aryl methyl sites for hydroxylation is 2. The molecule has 0 unspecified atom stereocenters. The molecule has 6 nitrogen and oxygen atoms in total. The Morgan fingerprint density at radius 3 is 2.25 bits per heavy atom. The molecule has 214 valence electrons. The van der Waals surface area contributed by atoms with Gasteiger partial charge in [-0.2, -0.15) is 0 Å². The lowest BCUT2D eigenvalue weighted by Crippen LogP contribution is -2.44. The number of rotatable bonds is 12. The second-order valence-electron chi connectivity index (χ2n) is 10.8. The molecule has 0 bridgehead atoms. The lowest BCUT2D eigenvalue weighted by molar-refractivity contribution is 0.0722. The summed E-state index contributed by atoms with van der Waals surface area (Å²) in [7, 11) is 0. The first-order chi connectivity index (χ1) is 18.9. The number of hydrogen-bond donors (Lipinski definition) is 3. The first-order valence-corrected chi connectivity index (χ1v) is 13.6. The molecule has 0 fully saturated rings. The van der Waals surface area contributed by atoms with Gasteiger partial charge in [0.15, 0.2) is 0 Å². The largest absolute Gasteiger partial charge is 0.390 e. The predicted octanol–water partition coefficient (Wildman–Crippen LogP) is 4.79. The highest BCUT2D eigenvalue weighted by atomic mass is 19.1. The molecular formula is C32H39F2N3O3. The second kappa shape index (κ2) is 14.1. The van der Waals surface area contributed by atoms with Crippen LogP contribution in [0.15, 0.2) is 60.7 Å². The Morgan fingerprint density at radius 1 is 0.950 bits per heavy atom. The molecule has 40 heavy (non-hydrogen) atoms. The molecule has 0 aromatic heterocycles. The zero-order valence-corrected chi connectivity index (χ0v) is 23.6. The highest BCUT2D eigenvalue weighted by Gasteiger charge is 2.21. The molecule has 0 aliphatic carbocycles. The van der Waals surface area contributed by atoms with Crippen LogP contribution >= 0.6 is 0 Å². The highest BCUT2D eigenvalue weighted by Crippen LogP contribution is 2.17. The number of aliphatic hydroxyl groups excluding tert-OH is 1. The van der Waals surface area contributed by atoms with Gasteiger partial charge >= 0.3 is 0 Å². The molecule has 3 rings (SSSR count). The third-order valence-corrected chi connectivity index (χ3v) is 6.59. The quantitative estimate of drug-likeness (QED) is 0.302. The molecule has 4 N–H and O–H groups in total. The van der Waals surface area contributed by atoms with Gasteiger partial charge < -0.3 is 21.1 Å². The average Bonchev–Trinajstić information content (AvgIpc) is 2.89. The smallest absolute Gasteiger partial charge is 0.254 e. The molecule has 0 aliphatic heterocycles. The van der Waals surface area contributed by atoms with Crippen molar-refractivity contribution in [1.82, 2.24) is 10.2 Å². The van der Waals surface area contributed by atoms with Crippen LogP contribution in [0.1, 0.15) is 63.7 Å². The maximum Gasteiger partial charge on any atom is 0.254 e. The van der Waals surface area contributed by atoms with Gasteiger partial charge in [-0.25, -0.2) is 8.78 Å². The van der Waals surface area contributed by atoms with Crippen molar-refractivity contribution in [3.8, 4) is 0 Å². The van der Waals surface area contributed by atoms with E-state index >= 15 is 0 Å². The Bertz CT molecular complexity index is 1310. The Balaban J connectivity index is 1.70. The lowest BCUT2D eigenvalue weighted by Gasteiger charge is -2.25. The molecule has 3 aromatic rings. The van der Waals surface area contributed by atoms with E-state index in [1.54, 1.807) is 23.1 Å². The third-order valence-electron chi connectivity index (χ3n) is 6.59. The van der Waals surface area contributed by atoms with Crippen LogP contribution in [0.4, 0.5) is 8.78 Å². The van der Waals surface area contributed by atoms with E-state index in [1.807, 2.05) is 19.1 Å². The number of carbonyl (C=O) groups is 2. The van der Waals surface area contributed by atoms with Crippen molar-refractivity contribution in [1.29, 1.82) is 0 Å². The summed E-state index contributed by atoms with van der Waals surface area (Å²) in [4.78, 5) is 28.4. The van der Waals surface area contributed by atoms with Crippen LogP contribution in [0.3, 0.4) is 0 Å². The van der Waals surface area contributed by atoms with Gasteiger partial charge in [0.25, 0.3) is 11.8 Å². The van der Waals surface area contributed by atoms with E-state index in [0.717, 1.165) is 35.7 Å². The Hall–Kier alpha value is -3.62. The Kier molecular flexibility index (Phi) is 10.9. The SMILES string of the molecule is CCc1cccc(CN(CC(C)C)C(=O)c2cc(C)cc(C(=O)NC[C@@H](O)[C@@H](N)Cc3cc(F)cc(F)c3)c2)c1. The number of carbonyl (C=O) groups excluding carboxylic acids is 2. The summed E-state index contributed by atoms with van der Waals surface area (Å²) in [5.74, 6) is -1.84. The molecule has 0 spiro atoms. The Morgan fingerprint density at radius 2 is 1.60 bits per heavy atom. The summed E-state index contributed by atoms with van der Waals surface area (Å²) >= 11 is 0. The van der Waals surface area contributed by atoms with Crippen molar-refractivity contribution >= 4 is 11.8 Å². The van der Waals surface area contributed by atoms with Crippen LogP contribution in [0.2, 0.25) is 0 Å². The van der Waals surface area contributed by atoms with Gasteiger partial charge in [-0.15, -0.1) is 0 Å². The third kappa shape index (κ3) is 8.96. The molecular weight excluding hydrogens is 512 g/mol. The average molecular weight is 552 g/mol. The lowest BCUT2D eigenvalue weighted by atomic mass is 10.0. The number of nitrogens with one attached hydrogen (secondary N) is 1. The summed E-state index contributed by atoms with van der Waals surface area (Å²) in [6, 6.07) is 15.4. The molecule has 0 heterocycles. The summed E-state index contributed by atoms with van der Waals surface area (Å²) < 4.78 is 26.9. The molecule has 0 aliphatic rings. The van der Waals surface area contributed by atoms with Gasteiger partial charge in [0.05, 0.1) is 6.10 Å². The first kappa shape index (κ1) is 30.9. The number of hydrogen-bond acceptors (Lipinski definition) is 4. The number of nitrogens with two attached hydrogens (primary N) is 1. The standard InChI is InChI=1S/C32H39F2N3O3/c1-5-22-7-6-8-23(11-22)19-37(18-20(2)3)32(40)26-10-21(4)9-25(15-26)31(39)36-17-30(38)29(35)14-24-12-27(33)16-28(34)13-24/h6-13,15-16,20,29-30,38H,5,14,17-19,35H2,1-4H3,(H,36,39)/t29-,30+/m0/s1. The monoisotopic (exact) mass is 551 g/mol. The van der Waals surface area contributed by atoms with Crippen LogP contribution < -0.4 is 11.1 Å². The normalized spacial score (nSPS) is 12.7. The van der Waals surface area contributed by atoms with Crippen molar-refractivity contribution in [2.45, 2.75) is 59.2 Å². The number of halogens is 2. The number of benzene rings is 3. The molecule has 3 aromatic carbocycles. The molecule has 8 heteroatoms. The van der Waals surface area contributed by atoms with Crippen molar-refractivity contribution in [2.24, 2.45) is 11.7 Å². The van der Waals surface area contributed by atoms with Crippen LogP contribution in [0.5, 0.6) is 0 Å². The maximum absolute atomic E-state index is 13.6. The van der Waals surface area contributed by atoms with Crippen molar-refractivity contribution in [3.63, 3.8) is 0 Å². The first-order valence-electron chi connectivity index (χ1n) is 13.6. The van der Waals surface area contributed by atoms with Gasteiger partial charge in [-0.1, -0.05) is 45.0 Å². The van der Waals surface area contributed by atoms with E-state index < -0.39 is 29.7 Å². The van der Waals surface area contributed by atoms with Gasteiger partial charge in [-0.3, -0.25) is 9.59 Å². The van der Waals surface area contributed by atoms with E-state index in [-0.39, 0.29) is 30.4 Å². The van der Waals surface area contributed by atoms with Crippen LogP contribution in [0, 0.1) is 24.5 Å². The van der Waals surface area contributed by atoms with E-state index in [0.29, 0.717) is 24.2 Å². The molecule has 2 atom stereocenters. The van der Waals surface area contributed by atoms with Crippen molar-refractivity contribution in [2.75, 3.05) is 13.1 Å². The van der Waals surface area contributed by atoms with Gasteiger partial charge in [0.2, 0.25) is 0 Å². The fourth-order valence-electron chi connectivity index (χ4n) is 4.64. The van der Waals surface area contributed by atoms with E-state index in [9.17, 15) is 23.5 Å². The van der Waals surface area contributed by atoms with Crippen molar-refractivity contribution in [3.05, 3.63) is 106 Å². The van der Waals surface area contributed by atoms with E-state index in [1.165, 1.54) is 5.56 Å². The maximum atomic E-state index is 13.6. The molecule has 0 saturated carbocycles. The second-order valence-corrected chi connectivity index (χ2v) is 10.8. The van der Waals surface area contributed by atoms with Crippen LogP contribution in [-0.2, 0) is 19.4 Å². The molecule has 2 amide bonds. The van der Waals surface area contributed by atoms with Gasteiger partial charge in [0, 0.05) is 42.9 Å². The minimum Gasteiger partial charge on any atom is -0.390 e. The van der Waals surface area contributed by atoms with Gasteiger partial charge in [-0.05, 0) is 78.3 Å². The number of amides is 2. The number of aliphatic hydroxyl groups is 1. The zero-order chi connectivity index (χ0) is 29.4. The molecule has 0 radical (unpaired) electrons. The van der Waals surface area contributed by atoms with Crippen LogP contribution in [0.25, 0.3) is 0 Å². The minimum atomic E-state index is -1.15. The topological polar surface area (TPSA) is 95.7 Å². The number of nitrogens with zero attached hydrogens (tertiary/aromatic N) is 1. The minimum absolute atomic E-state index is 0.0294. The van der Waals surface area contributed by atoms with Gasteiger partial charge in [0.1, 0.15) is 11.6 Å². The summed E-state index contributed by atoms with van der Waals surface area (Å²) in [6.07, 6.45) is -0.214. The summed E-state index contributed by atoms with van der Waals surface area (Å²) in [5.41, 5.74) is 10.0. The molecule has 0 saturated heterocycles. The van der Waals surface area contributed by atoms with E-state index in [2.05, 4.69) is 38.2 Å².